The third-order valence-electron chi connectivity index (χ3n) is 5.34. The van der Waals surface area contributed by atoms with Gasteiger partial charge in [0.25, 0.3) is 5.56 Å². The maximum atomic E-state index is 12.5. The van der Waals surface area contributed by atoms with Gasteiger partial charge in [-0.2, -0.15) is 5.10 Å². The first-order valence-corrected chi connectivity index (χ1v) is 9.84. The highest BCUT2D eigenvalue weighted by molar-refractivity contribution is 5.40. The molecule has 148 valence electrons. The van der Waals surface area contributed by atoms with Gasteiger partial charge in [0.1, 0.15) is 24.4 Å². The third kappa shape index (κ3) is 3.71. The van der Waals surface area contributed by atoms with Gasteiger partial charge >= 0.3 is 0 Å². The zero-order valence-electron chi connectivity index (χ0n) is 17.3. The van der Waals surface area contributed by atoms with Crippen molar-refractivity contribution in [3.63, 3.8) is 0 Å². The van der Waals surface area contributed by atoms with E-state index < -0.39 is 0 Å². The van der Waals surface area contributed by atoms with Gasteiger partial charge in [0.2, 0.25) is 0 Å². The van der Waals surface area contributed by atoms with Crippen LogP contribution in [0.1, 0.15) is 28.3 Å². The number of fused-ring (bicyclic) bond motifs is 1. The summed E-state index contributed by atoms with van der Waals surface area (Å²) in [4.78, 5) is 18.5. The average molecular weight is 388 g/mol. The van der Waals surface area contributed by atoms with E-state index >= 15 is 0 Å². The van der Waals surface area contributed by atoms with Crippen molar-refractivity contribution in [1.82, 2.24) is 19.2 Å². The first-order chi connectivity index (χ1) is 13.9. The van der Waals surface area contributed by atoms with Crippen LogP contribution in [0.2, 0.25) is 0 Å². The van der Waals surface area contributed by atoms with Crippen LogP contribution >= 0.6 is 0 Å². The number of pyridine rings is 1. The molecule has 0 aliphatic heterocycles. The Kier molecular flexibility index (Phi) is 5.03. The van der Waals surface area contributed by atoms with Crippen molar-refractivity contribution in [2.24, 2.45) is 0 Å². The van der Waals surface area contributed by atoms with E-state index in [9.17, 15) is 4.79 Å². The van der Waals surface area contributed by atoms with E-state index in [4.69, 9.17) is 10.1 Å². The quantitative estimate of drug-likeness (QED) is 0.569. The van der Waals surface area contributed by atoms with Crippen LogP contribution in [0.3, 0.4) is 0 Å². The zero-order valence-corrected chi connectivity index (χ0v) is 17.3. The van der Waals surface area contributed by atoms with E-state index in [0.717, 1.165) is 35.0 Å². The number of benzene rings is 1. The Balaban J connectivity index is 1.58. The number of hydrogen-bond donors (Lipinski definition) is 1. The van der Waals surface area contributed by atoms with Crippen molar-refractivity contribution in [2.45, 2.75) is 33.9 Å². The number of aromatic nitrogens is 4. The van der Waals surface area contributed by atoms with Crippen LogP contribution in [0.5, 0.6) is 0 Å². The molecule has 0 amide bonds. The topological polar surface area (TPSA) is 56.6 Å². The number of hydrogen-bond acceptors (Lipinski definition) is 3. The summed E-state index contributed by atoms with van der Waals surface area (Å²) in [5.41, 5.74) is 6.86. The molecule has 4 aromatic rings. The Morgan fingerprint density at radius 3 is 2.48 bits per heavy atom. The van der Waals surface area contributed by atoms with Gasteiger partial charge in [0, 0.05) is 11.8 Å². The van der Waals surface area contributed by atoms with Crippen LogP contribution in [-0.2, 0) is 13.1 Å². The van der Waals surface area contributed by atoms with E-state index in [2.05, 4.69) is 33.0 Å². The number of nitrogens with zero attached hydrogens (tertiary/aromatic N) is 4. The normalized spacial score (nSPS) is 12.4. The Bertz CT molecular complexity index is 1220. The molecule has 4 rings (SSSR count). The van der Waals surface area contributed by atoms with Crippen molar-refractivity contribution in [2.75, 3.05) is 7.05 Å². The van der Waals surface area contributed by atoms with Gasteiger partial charge in [-0.3, -0.25) is 9.20 Å². The lowest BCUT2D eigenvalue weighted by Crippen LogP contribution is -3.06. The molecule has 0 bridgehead atoms. The Hall–Kier alpha value is -3.25. The van der Waals surface area contributed by atoms with Gasteiger partial charge in [-0.05, 0) is 45.0 Å². The standard InChI is InChI=1S/C23H25N5O/c1-16-9-8-12-22-24-19(13-23(29)27(16)22)14-26(4)15-21-17(2)25-28(18(21)3)20-10-6-5-7-11-20/h5-13H,14-15H2,1-4H3/p+1. The van der Waals surface area contributed by atoms with E-state index in [1.165, 1.54) is 10.5 Å². The van der Waals surface area contributed by atoms with Gasteiger partial charge in [-0.15, -0.1) is 0 Å². The van der Waals surface area contributed by atoms with Crippen LogP contribution in [-0.4, -0.2) is 26.2 Å². The summed E-state index contributed by atoms with van der Waals surface area (Å²) in [6, 6.07) is 17.6. The fourth-order valence-electron chi connectivity index (χ4n) is 3.88. The summed E-state index contributed by atoms with van der Waals surface area (Å²) >= 11 is 0. The van der Waals surface area contributed by atoms with E-state index in [1.807, 2.05) is 48.0 Å². The lowest BCUT2D eigenvalue weighted by Gasteiger charge is -2.15. The largest absolute Gasteiger partial charge is 0.328 e. The predicted octanol–water partition coefficient (Wildman–Crippen LogP) is 2.02. The maximum Gasteiger partial charge on any atom is 0.258 e. The molecule has 0 aliphatic rings. The monoisotopic (exact) mass is 388 g/mol. The van der Waals surface area contributed by atoms with Crippen molar-refractivity contribution in [1.29, 1.82) is 0 Å². The number of rotatable bonds is 5. The molecule has 0 fully saturated rings. The fraction of sp³-hybridized carbons (Fsp3) is 0.261. The Labute approximate surface area is 170 Å². The van der Waals surface area contributed by atoms with E-state index in [0.29, 0.717) is 12.2 Å². The third-order valence-corrected chi connectivity index (χ3v) is 5.34. The first-order valence-electron chi connectivity index (χ1n) is 9.84. The highest BCUT2D eigenvalue weighted by Crippen LogP contribution is 2.17. The minimum atomic E-state index is -0.0276. The van der Waals surface area contributed by atoms with Crippen LogP contribution in [0.15, 0.2) is 59.4 Å². The van der Waals surface area contributed by atoms with Crippen molar-refractivity contribution >= 4 is 5.65 Å². The molecular formula is C23H26N5O+. The van der Waals surface area contributed by atoms with E-state index in [-0.39, 0.29) is 5.56 Å². The zero-order chi connectivity index (χ0) is 20.5. The molecule has 29 heavy (non-hydrogen) atoms. The Morgan fingerprint density at radius 1 is 0.966 bits per heavy atom. The second-order valence-corrected chi connectivity index (χ2v) is 7.65. The van der Waals surface area contributed by atoms with Gasteiger partial charge in [-0.25, -0.2) is 9.67 Å². The lowest BCUT2D eigenvalue weighted by atomic mass is 10.2. The molecule has 1 aromatic carbocycles. The number of para-hydroxylation sites is 1. The van der Waals surface area contributed by atoms with Gasteiger partial charge < -0.3 is 4.90 Å². The highest BCUT2D eigenvalue weighted by atomic mass is 16.1. The summed E-state index contributed by atoms with van der Waals surface area (Å²) in [7, 11) is 2.12. The van der Waals surface area contributed by atoms with Crippen molar-refractivity contribution in [3.05, 3.63) is 93.3 Å². The molecule has 0 radical (unpaired) electrons. The predicted molar refractivity (Wildman–Crippen MR) is 114 cm³/mol. The summed E-state index contributed by atoms with van der Waals surface area (Å²) in [5, 5.41) is 4.74. The molecule has 1 N–H and O–H groups in total. The molecule has 0 spiro atoms. The minimum Gasteiger partial charge on any atom is -0.328 e. The van der Waals surface area contributed by atoms with Crippen LogP contribution in [0.25, 0.3) is 11.3 Å². The molecule has 6 nitrogen and oxygen atoms in total. The highest BCUT2D eigenvalue weighted by Gasteiger charge is 2.17. The van der Waals surface area contributed by atoms with Crippen molar-refractivity contribution < 1.29 is 4.90 Å². The van der Waals surface area contributed by atoms with Crippen LogP contribution in [0.4, 0.5) is 0 Å². The smallest absolute Gasteiger partial charge is 0.258 e. The summed E-state index contributed by atoms with van der Waals surface area (Å²) < 4.78 is 3.65. The molecular weight excluding hydrogens is 362 g/mol. The Morgan fingerprint density at radius 2 is 1.72 bits per heavy atom. The molecule has 0 saturated heterocycles. The summed E-state index contributed by atoms with van der Waals surface area (Å²) in [6.07, 6.45) is 0. The van der Waals surface area contributed by atoms with Gasteiger partial charge in [-0.1, -0.05) is 24.3 Å². The first kappa shape index (κ1) is 19.1. The minimum absolute atomic E-state index is 0.0276. The fourth-order valence-corrected chi connectivity index (χ4v) is 3.88. The molecule has 0 aliphatic carbocycles. The SMILES string of the molecule is Cc1nn(-c2ccccc2)c(C)c1C[NH+](C)Cc1cc(=O)n2c(C)cccc2n1. The molecule has 1 unspecified atom stereocenters. The summed E-state index contributed by atoms with van der Waals surface area (Å²) in [6.45, 7) is 7.58. The van der Waals surface area contributed by atoms with Crippen LogP contribution < -0.4 is 10.5 Å². The second kappa shape index (κ2) is 7.64. The molecule has 3 heterocycles. The summed E-state index contributed by atoms with van der Waals surface area (Å²) in [5.74, 6) is 0. The van der Waals surface area contributed by atoms with Crippen LogP contribution in [0, 0.1) is 20.8 Å². The molecule has 3 aromatic heterocycles. The number of quaternary nitrogens is 1. The van der Waals surface area contributed by atoms with Crippen molar-refractivity contribution in [3.8, 4) is 5.69 Å². The van der Waals surface area contributed by atoms with Gasteiger partial charge in [0.05, 0.1) is 29.7 Å². The van der Waals surface area contributed by atoms with Gasteiger partial charge in [0.15, 0.2) is 0 Å². The number of nitrogens with one attached hydrogen (secondary N) is 1. The average Bonchev–Trinajstić information content (AvgIpc) is 2.96. The lowest BCUT2D eigenvalue weighted by molar-refractivity contribution is -0.908. The second-order valence-electron chi connectivity index (χ2n) is 7.65. The molecule has 0 saturated carbocycles. The maximum absolute atomic E-state index is 12.5. The molecule has 1 atom stereocenters. The molecule has 6 heteroatoms. The van der Waals surface area contributed by atoms with E-state index in [1.54, 1.807) is 10.5 Å². The number of aryl methyl sites for hydroxylation is 2.